The molecule has 2 heterocycles. The van der Waals surface area contributed by atoms with Crippen LogP contribution in [0.4, 0.5) is 4.39 Å². The molecule has 3 aromatic rings. The number of H-pyrrole nitrogens is 1. The first kappa shape index (κ1) is 14.0. The van der Waals surface area contributed by atoms with Crippen LogP contribution in [0.15, 0.2) is 47.2 Å². The van der Waals surface area contributed by atoms with Gasteiger partial charge in [-0.1, -0.05) is 17.3 Å². The minimum absolute atomic E-state index is 0.129. The largest absolute Gasteiger partial charge is 0.355 e. The number of nitrogens with one attached hydrogen (secondary N) is 1. The van der Waals surface area contributed by atoms with Crippen molar-refractivity contribution < 1.29 is 13.7 Å². The van der Waals surface area contributed by atoms with Crippen molar-refractivity contribution in [2.75, 3.05) is 7.05 Å². The lowest BCUT2D eigenvalue weighted by Crippen LogP contribution is -2.26. The molecule has 0 bridgehead atoms. The van der Waals surface area contributed by atoms with Gasteiger partial charge in [-0.05, 0) is 12.1 Å². The second kappa shape index (κ2) is 5.80. The summed E-state index contributed by atoms with van der Waals surface area (Å²) in [4.78, 5) is 13.8. The molecule has 0 spiro atoms. The van der Waals surface area contributed by atoms with Gasteiger partial charge in [-0.15, -0.1) is 0 Å². The van der Waals surface area contributed by atoms with Crippen LogP contribution < -0.4 is 0 Å². The summed E-state index contributed by atoms with van der Waals surface area (Å²) < 4.78 is 18.8. The van der Waals surface area contributed by atoms with E-state index in [-0.39, 0.29) is 22.9 Å². The number of carbonyl (C=O) groups is 1. The van der Waals surface area contributed by atoms with Crippen LogP contribution in [0, 0.1) is 5.82 Å². The van der Waals surface area contributed by atoms with Crippen LogP contribution in [0.3, 0.4) is 0 Å². The third-order valence-corrected chi connectivity index (χ3v) is 3.19. The molecular formula is C15H13FN4O2. The minimum Gasteiger partial charge on any atom is -0.355 e. The number of aromatic nitrogens is 3. The Morgan fingerprint density at radius 3 is 2.95 bits per heavy atom. The fraction of sp³-hybridized carbons (Fsp3) is 0.133. The predicted molar refractivity (Wildman–Crippen MR) is 76.3 cm³/mol. The summed E-state index contributed by atoms with van der Waals surface area (Å²) in [5, 5.41) is 10.2. The zero-order chi connectivity index (χ0) is 15.5. The van der Waals surface area contributed by atoms with Crippen LogP contribution in [0.2, 0.25) is 0 Å². The predicted octanol–water partition coefficient (Wildman–Crippen LogP) is 2.48. The summed E-state index contributed by atoms with van der Waals surface area (Å²) in [6, 6.07) is 7.60. The topological polar surface area (TPSA) is 75.0 Å². The van der Waals surface area contributed by atoms with Gasteiger partial charge in [0.15, 0.2) is 11.5 Å². The Morgan fingerprint density at radius 1 is 1.41 bits per heavy atom. The van der Waals surface area contributed by atoms with E-state index in [9.17, 15) is 9.18 Å². The Kier molecular flexibility index (Phi) is 3.69. The number of halogens is 1. The third kappa shape index (κ3) is 2.73. The van der Waals surface area contributed by atoms with Crippen LogP contribution in [-0.2, 0) is 6.54 Å². The summed E-state index contributed by atoms with van der Waals surface area (Å²) in [7, 11) is 1.65. The lowest BCUT2D eigenvalue weighted by atomic mass is 10.1. The van der Waals surface area contributed by atoms with Crippen molar-refractivity contribution in [3.63, 3.8) is 0 Å². The van der Waals surface area contributed by atoms with Crippen LogP contribution in [0.5, 0.6) is 0 Å². The maximum atomic E-state index is 13.7. The van der Waals surface area contributed by atoms with E-state index in [2.05, 4.69) is 15.4 Å². The molecule has 0 fully saturated rings. The summed E-state index contributed by atoms with van der Waals surface area (Å²) in [5.74, 6) is -0.518. The van der Waals surface area contributed by atoms with Crippen molar-refractivity contribution in [1.29, 1.82) is 0 Å². The highest BCUT2D eigenvalue weighted by Crippen LogP contribution is 2.23. The van der Waals surface area contributed by atoms with Gasteiger partial charge in [-0.3, -0.25) is 9.89 Å². The Balaban J connectivity index is 1.78. The molecule has 1 amide bonds. The highest BCUT2D eigenvalue weighted by molar-refractivity contribution is 5.92. The molecule has 0 atom stereocenters. The highest BCUT2D eigenvalue weighted by atomic mass is 19.1. The van der Waals surface area contributed by atoms with Gasteiger partial charge in [-0.2, -0.15) is 5.10 Å². The average molecular weight is 300 g/mol. The van der Waals surface area contributed by atoms with Gasteiger partial charge in [0.1, 0.15) is 5.82 Å². The number of benzene rings is 1. The zero-order valence-electron chi connectivity index (χ0n) is 11.8. The second-order valence-electron chi connectivity index (χ2n) is 4.82. The van der Waals surface area contributed by atoms with Crippen molar-refractivity contribution in [3.05, 3.63) is 59.8 Å². The van der Waals surface area contributed by atoms with Crippen LogP contribution in [0.1, 0.15) is 16.1 Å². The zero-order valence-corrected chi connectivity index (χ0v) is 11.8. The number of carbonyl (C=O) groups excluding carboxylic acids is 1. The van der Waals surface area contributed by atoms with E-state index >= 15 is 0 Å². The second-order valence-corrected chi connectivity index (χ2v) is 4.82. The van der Waals surface area contributed by atoms with Crippen molar-refractivity contribution in [2.45, 2.75) is 6.54 Å². The van der Waals surface area contributed by atoms with Gasteiger partial charge < -0.3 is 9.42 Å². The molecule has 1 N–H and O–H groups in total. The van der Waals surface area contributed by atoms with Crippen molar-refractivity contribution in [1.82, 2.24) is 20.3 Å². The van der Waals surface area contributed by atoms with Crippen molar-refractivity contribution in [2.24, 2.45) is 0 Å². The molecular weight excluding hydrogens is 287 g/mol. The van der Waals surface area contributed by atoms with E-state index < -0.39 is 5.82 Å². The van der Waals surface area contributed by atoms with Crippen LogP contribution in [0.25, 0.3) is 11.3 Å². The smallest absolute Gasteiger partial charge is 0.276 e. The van der Waals surface area contributed by atoms with Gasteiger partial charge in [0.25, 0.3) is 5.91 Å². The first-order valence-corrected chi connectivity index (χ1v) is 6.60. The summed E-state index contributed by atoms with van der Waals surface area (Å²) in [5.41, 5.74) is 1.27. The number of hydrogen-bond acceptors (Lipinski definition) is 4. The first-order chi connectivity index (χ1) is 10.6. The number of aromatic amines is 1. The maximum absolute atomic E-state index is 13.7. The molecule has 0 radical (unpaired) electrons. The Bertz CT molecular complexity index is 782. The first-order valence-electron chi connectivity index (χ1n) is 6.60. The van der Waals surface area contributed by atoms with Gasteiger partial charge in [0.2, 0.25) is 0 Å². The molecule has 0 aliphatic rings. The molecule has 0 saturated carbocycles. The number of rotatable bonds is 4. The number of hydrogen-bond donors (Lipinski definition) is 1. The Morgan fingerprint density at radius 2 is 2.23 bits per heavy atom. The fourth-order valence-electron chi connectivity index (χ4n) is 2.07. The number of amides is 1. The van der Waals surface area contributed by atoms with Crippen LogP contribution >= 0.6 is 0 Å². The summed E-state index contributed by atoms with van der Waals surface area (Å²) in [6.45, 7) is 0.386. The SMILES string of the molecule is CN(Cc1cn[nH]c1)C(=O)c1cc(-c2ccccc2F)on1. The molecule has 7 heteroatoms. The molecule has 0 saturated heterocycles. The molecule has 3 rings (SSSR count). The van der Waals surface area contributed by atoms with E-state index in [0.717, 1.165) is 5.56 Å². The van der Waals surface area contributed by atoms with E-state index in [1.165, 1.54) is 17.0 Å². The Hall–Kier alpha value is -2.96. The van der Waals surface area contributed by atoms with Crippen molar-refractivity contribution in [3.8, 4) is 11.3 Å². The molecule has 0 aliphatic heterocycles. The molecule has 1 aromatic carbocycles. The van der Waals surface area contributed by atoms with E-state index in [4.69, 9.17) is 4.52 Å². The third-order valence-electron chi connectivity index (χ3n) is 3.19. The highest BCUT2D eigenvalue weighted by Gasteiger charge is 2.19. The van der Waals surface area contributed by atoms with E-state index in [1.807, 2.05) is 0 Å². The monoisotopic (exact) mass is 300 g/mol. The average Bonchev–Trinajstić information content (AvgIpc) is 3.18. The van der Waals surface area contributed by atoms with E-state index in [0.29, 0.717) is 6.54 Å². The van der Waals surface area contributed by atoms with Gasteiger partial charge in [0, 0.05) is 31.4 Å². The molecule has 0 unspecified atom stereocenters. The summed E-state index contributed by atoms with van der Waals surface area (Å²) >= 11 is 0. The Labute approximate surface area is 125 Å². The van der Waals surface area contributed by atoms with Crippen molar-refractivity contribution >= 4 is 5.91 Å². The van der Waals surface area contributed by atoms with Gasteiger partial charge in [0.05, 0.1) is 11.8 Å². The maximum Gasteiger partial charge on any atom is 0.276 e. The molecule has 2 aromatic heterocycles. The van der Waals surface area contributed by atoms with Gasteiger partial charge >= 0.3 is 0 Å². The lowest BCUT2D eigenvalue weighted by molar-refractivity contribution is 0.0775. The molecule has 112 valence electrons. The normalized spacial score (nSPS) is 10.6. The van der Waals surface area contributed by atoms with Gasteiger partial charge in [-0.25, -0.2) is 4.39 Å². The molecule has 6 nitrogen and oxygen atoms in total. The standard InChI is InChI=1S/C15H13FN4O2/c1-20(9-10-7-17-18-8-10)15(21)13-6-14(22-19-13)11-4-2-3-5-12(11)16/h2-8H,9H2,1H3,(H,17,18). The minimum atomic E-state index is -0.426. The van der Waals surface area contributed by atoms with E-state index in [1.54, 1.807) is 37.6 Å². The quantitative estimate of drug-likeness (QED) is 0.803. The molecule has 0 aliphatic carbocycles. The fourth-order valence-corrected chi connectivity index (χ4v) is 2.07. The molecule has 22 heavy (non-hydrogen) atoms. The number of nitrogens with zero attached hydrogens (tertiary/aromatic N) is 3. The van der Waals surface area contributed by atoms with Crippen LogP contribution in [-0.4, -0.2) is 33.2 Å². The summed E-state index contributed by atoms with van der Waals surface area (Å²) in [6.07, 6.45) is 3.34. The lowest BCUT2D eigenvalue weighted by Gasteiger charge is -2.13.